The maximum atomic E-state index is 11.9. The average Bonchev–Trinajstić information content (AvgIpc) is 2.73. The zero-order valence-electron chi connectivity index (χ0n) is 15.8. The van der Waals surface area contributed by atoms with Crippen LogP contribution in [0.15, 0.2) is 80.1 Å². The van der Waals surface area contributed by atoms with E-state index in [1.165, 1.54) is 18.2 Å². The van der Waals surface area contributed by atoms with Crippen LogP contribution in [0, 0.1) is 0 Å². The highest BCUT2D eigenvalue weighted by Gasteiger charge is 2.19. The zero-order chi connectivity index (χ0) is 21.7. The van der Waals surface area contributed by atoms with Gasteiger partial charge >= 0.3 is 5.97 Å². The predicted octanol–water partition coefficient (Wildman–Crippen LogP) is 4.64. The second-order valence-corrected chi connectivity index (χ2v) is 7.34. The molecule has 3 aromatic carbocycles. The molecule has 3 N–H and O–H groups in total. The van der Waals surface area contributed by atoms with Crippen molar-refractivity contribution in [3.63, 3.8) is 0 Å². The summed E-state index contributed by atoms with van der Waals surface area (Å²) < 4.78 is 38.3. The molecule has 0 aromatic heterocycles. The maximum absolute atomic E-state index is 11.9. The number of hydrogen-bond donors (Lipinski definition) is 2. The average molecular weight is 427 g/mol. The molecule has 0 aliphatic rings. The number of esters is 1. The van der Waals surface area contributed by atoms with E-state index in [4.69, 9.17) is 10.6 Å². The molecule has 0 spiro atoms. The Labute approximate surface area is 171 Å². The molecule has 0 amide bonds. The number of ether oxygens (including phenoxy) is 1. The fourth-order valence-electron chi connectivity index (χ4n) is 2.76. The largest absolute Gasteiger partial charge is 0.462 e. The summed E-state index contributed by atoms with van der Waals surface area (Å²) >= 11 is 0. The van der Waals surface area contributed by atoms with Crippen LogP contribution in [0.1, 0.15) is 17.3 Å². The molecule has 3 aromatic rings. The van der Waals surface area contributed by atoms with Gasteiger partial charge in [0.25, 0.3) is 10.1 Å². The van der Waals surface area contributed by atoms with Gasteiger partial charge in [0.1, 0.15) is 16.3 Å². The molecule has 30 heavy (non-hydrogen) atoms. The van der Waals surface area contributed by atoms with Crippen LogP contribution in [0.25, 0.3) is 10.8 Å². The lowest BCUT2D eigenvalue weighted by atomic mass is 10.1. The van der Waals surface area contributed by atoms with Crippen LogP contribution in [0.3, 0.4) is 0 Å². The van der Waals surface area contributed by atoms with Crippen molar-refractivity contribution in [2.24, 2.45) is 26.4 Å². The van der Waals surface area contributed by atoms with Crippen LogP contribution in [-0.2, 0) is 14.9 Å². The summed E-state index contributed by atoms with van der Waals surface area (Å²) in [5.74, 6) is 4.74. The van der Waals surface area contributed by atoms with Gasteiger partial charge in [0.15, 0.2) is 0 Å². The normalized spacial score (nSPS) is 12.1. The van der Waals surface area contributed by atoms with E-state index in [-0.39, 0.29) is 28.3 Å². The first-order valence-electron chi connectivity index (χ1n) is 8.68. The molecule has 0 saturated heterocycles. The van der Waals surface area contributed by atoms with Gasteiger partial charge in [-0.3, -0.25) is 4.55 Å². The smallest absolute Gasteiger partial charge is 0.338 e. The van der Waals surface area contributed by atoms with Crippen molar-refractivity contribution in [2.75, 3.05) is 6.61 Å². The van der Waals surface area contributed by atoms with Gasteiger partial charge in [-0.05, 0) is 37.3 Å². The Kier molecular flexibility index (Phi) is 6.14. The highest BCUT2D eigenvalue weighted by atomic mass is 32.2. The zero-order valence-corrected chi connectivity index (χ0v) is 16.6. The monoisotopic (exact) mass is 427 g/mol. The van der Waals surface area contributed by atoms with E-state index in [0.29, 0.717) is 16.6 Å². The van der Waals surface area contributed by atoms with Gasteiger partial charge in [-0.2, -0.15) is 13.5 Å². The minimum absolute atomic E-state index is 0.0324. The van der Waals surface area contributed by atoms with Crippen LogP contribution in [0.4, 0.5) is 17.1 Å². The second kappa shape index (κ2) is 8.76. The molecule has 0 aliphatic heterocycles. The second-order valence-electron chi connectivity index (χ2n) is 5.95. The van der Waals surface area contributed by atoms with Crippen LogP contribution in [0.2, 0.25) is 0 Å². The van der Waals surface area contributed by atoms with Crippen molar-refractivity contribution < 1.29 is 22.5 Å². The first-order chi connectivity index (χ1) is 14.3. The molecule has 11 heteroatoms. The van der Waals surface area contributed by atoms with Crippen LogP contribution < -0.4 is 5.84 Å². The minimum Gasteiger partial charge on any atom is -0.462 e. The van der Waals surface area contributed by atoms with Crippen molar-refractivity contribution in [1.29, 1.82) is 0 Å². The van der Waals surface area contributed by atoms with Crippen molar-refractivity contribution in [3.8, 4) is 0 Å². The maximum Gasteiger partial charge on any atom is 0.338 e. The first-order valence-corrected chi connectivity index (χ1v) is 10.1. The summed E-state index contributed by atoms with van der Waals surface area (Å²) in [4.78, 5) is 11.4. The van der Waals surface area contributed by atoms with E-state index >= 15 is 0 Å². The van der Waals surface area contributed by atoms with Gasteiger partial charge in [-0.1, -0.05) is 29.5 Å². The molecular formula is C19H17N5O5S. The summed E-state index contributed by atoms with van der Waals surface area (Å²) in [6.45, 7) is 1.97. The number of azo groups is 1. The van der Waals surface area contributed by atoms with E-state index in [2.05, 4.69) is 20.6 Å². The molecule has 0 atom stereocenters. The number of nitrogens with two attached hydrogens (primary N) is 1. The number of rotatable bonds is 6. The molecule has 0 fully saturated rings. The Hall–Kier alpha value is -3.70. The Bertz CT molecular complexity index is 1250. The number of nitrogens with zero attached hydrogens (tertiary/aromatic N) is 4. The van der Waals surface area contributed by atoms with Gasteiger partial charge in [-0.25, -0.2) is 4.79 Å². The molecule has 0 saturated carbocycles. The van der Waals surface area contributed by atoms with Crippen LogP contribution >= 0.6 is 0 Å². The van der Waals surface area contributed by atoms with Crippen molar-refractivity contribution in [2.45, 2.75) is 11.8 Å². The highest BCUT2D eigenvalue weighted by Crippen LogP contribution is 2.40. The fraction of sp³-hybridized carbons (Fsp3) is 0.105. The lowest BCUT2D eigenvalue weighted by molar-refractivity contribution is 0.0526. The Balaban J connectivity index is 2.09. The van der Waals surface area contributed by atoms with Crippen molar-refractivity contribution in [1.82, 2.24) is 0 Å². The lowest BCUT2D eigenvalue weighted by Crippen LogP contribution is -2.03. The number of hydrogen-bond acceptors (Lipinski definition) is 8. The van der Waals surface area contributed by atoms with E-state index < -0.39 is 16.1 Å². The van der Waals surface area contributed by atoms with Crippen LogP contribution in [0.5, 0.6) is 0 Å². The molecule has 0 radical (unpaired) electrons. The Morgan fingerprint density at radius 1 is 1.03 bits per heavy atom. The van der Waals surface area contributed by atoms with Crippen molar-refractivity contribution in [3.05, 3.63) is 60.2 Å². The quantitative estimate of drug-likeness (QED) is 0.192. The van der Waals surface area contributed by atoms with Crippen LogP contribution in [-0.4, -0.2) is 25.5 Å². The van der Waals surface area contributed by atoms with E-state index in [0.717, 1.165) is 6.07 Å². The van der Waals surface area contributed by atoms with E-state index in [1.54, 1.807) is 37.3 Å². The van der Waals surface area contributed by atoms with Crippen molar-refractivity contribution >= 4 is 43.9 Å². The first kappa shape index (κ1) is 21.0. The number of carbonyl (C=O) groups excluding carboxylic acids is 1. The Morgan fingerprint density at radius 3 is 2.30 bits per heavy atom. The highest BCUT2D eigenvalue weighted by molar-refractivity contribution is 7.86. The molecule has 0 heterocycles. The molecule has 0 unspecified atom stereocenters. The third-order valence-electron chi connectivity index (χ3n) is 4.05. The van der Waals surface area contributed by atoms with E-state index in [9.17, 15) is 17.8 Å². The third-order valence-corrected chi connectivity index (χ3v) is 4.94. The molecule has 0 aliphatic carbocycles. The summed E-state index contributed by atoms with van der Waals surface area (Å²) in [6.07, 6.45) is 0. The molecule has 3 rings (SSSR count). The number of carbonyl (C=O) groups is 1. The molecule has 0 bridgehead atoms. The molecule has 10 nitrogen and oxygen atoms in total. The predicted molar refractivity (Wildman–Crippen MR) is 109 cm³/mol. The van der Waals surface area contributed by atoms with Gasteiger partial charge < -0.3 is 10.6 Å². The van der Waals surface area contributed by atoms with Gasteiger partial charge in [0.05, 0.1) is 17.9 Å². The Morgan fingerprint density at radius 2 is 1.70 bits per heavy atom. The number of fused-ring (bicyclic) bond motifs is 1. The SMILES string of the molecule is CCOC(=O)c1ccc(/N=N/c2cc(S(=O)(=O)O)c3ccccc3c2N=NN)cc1. The van der Waals surface area contributed by atoms with Gasteiger partial charge in [0, 0.05) is 10.8 Å². The summed E-state index contributed by atoms with van der Waals surface area (Å²) in [7, 11) is -4.54. The topological polar surface area (TPSA) is 156 Å². The summed E-state index contributed by atoms with van der Waals surface area (Å²) in [5.41, 5.74) is 0.963. The molecule has 154 valence electrons. The summed E-state index contributed by atoms with van der Waals surface area (Å²) in [5, 5.41) is 15.8. The van der Waals surface area contributed by atoms with E-state index in [1.807, 2.05) is 0 Å². The van der Waals surface area contributed by atoms with Gasteiger partial charge in [0.2, 0.25) is 0 Å². The lowest BCUT2D eigenvalue weighted by Gasteiger charge is -2.08. The third kappa shape index (κ3) is 4.47. The van der Waals surface area contributed by atoms with Gasteiger partial charge in [-0.15, -0.1) is 10.2 Å². The number of benzene rings is 3. The molecular weight excluding hydrogens is 410 g/mol. The standard InChI is InChI=1S/C19H17N5O5S/c1-2-29-19(25)12-7-9-13(10-8-12)21-22-16-11-17(30(26,27)28)14-5-3-4-6-15(14)18(16)23-24-20/h3-11H,2H2,1H3,(H2,20,23)(H,26,27,28)/b22-21+. The summed E-state index contributed by atoms with van der Waals surface area (Å²) in [6, 6.07) is 13.7. The minimum atomic E-state index is -4.54. The fourth-order valence-corrected chi connectivity index (χ4v) is 3.47.